The summed E-state index contributed by atoms with van der Waals surface area (Å²) in [5.41, 5.74) is 3.70. The van der Waals surface area contributed by atoms with Crippen molar-refractivity contribution in [2.45, 2.75) is 46.6 Å². The zero-order chi connectivity index (χ0) is 22.9. The van der Waals surface area contributed by atoms with Gasteiger partial charge in [-0.2, -0.15) is 10.4 Å². The summed E-state index contributed by atoms with van der Waals surface area (Å²) in [6, 6.07) is 16.8. The predicted octanol–water partition coefficient (Wildman–Crippen LogP) is 5.18. The summed E-state index contributed by atoms with van der Waals surface area (Å²) >= 11 is 0. The Labute approximate surface area is 188 Å². The lowest BCUT2D eigenvalue weighted by atomic mass is 10.1. The van der Waals surface area contributed by atoms with Gasteiger partial charge in [-0.1, -0.05) is 0 Å². The highest BCUT2D eigenvalue weighted by Gasteiger charge is 2.13. The third kappa shape index (κ3) is 6.11. The van der Waals surface area contributed by atoms with E-state index in [4.69, 9.17) is 14.7 Å². The number of nitrogens with one attached hydrogen (secondary N) is 1. The van der Waals surface area contributed by atoms with Gasteiger partial charge in [0.05, 0.1) is 31.3 Å². The maximum Gasteiger partial charge on any atom is 0.224 e. The first-order valence-corrected chi connectivity index (χ1v) is 10.7. The van der Waals surface area contributed by atoms with Crippen LogP contribution in [0.4, 0.5) is 5.69 Å². The average Bonchev–Trinajstić information content (AvgIpc) is 3.06. The number of rotatable bonds is 10. The van der Waals surface area contributed by atoms with Crippen molar-refractivity contribution in [1.29, 1.82) is 5.26 Å². The molecule has 1 aromatic heterocycles. The predicted molar refractivity (Wildman–Crippen MR) is 123 cm³/mol. The molecular formula is C25H28N4O3. The minimum Gasteiger partial charge on any atom is -0.494 e. The van der Waals surface area contributed by atoms with E-state index < -0.39 is 0 Å². The van der Waals surface area contributed by atoms with Crippen LogP contribution in [-0.2, 0) is 17.8 Å². The lowest BCUT2D eigenvalue weighted by Crippen LogP contribution is -2.12. The lowest BCUT2D eigenvalue weighted by molar-refractivity contribution is -0.116. The van der Waals surface area contributed by atoms with Gasteiger partial charge in [-0.3, -0.25) is 9.48 Å². The van der Waals surface area contributed by atoms with E-state index in [-0.39, 0.29) is 5.91 Å². The molecule has 0 aliphatic rings. The van der Waals surface area contributed by atoms with Gasteiger partial charge in [0.1, 0.15) is 17.2 Å². The van der Waals surface area contributed by atoms with Gasteiger partial charge in [0.25, 0.3) is 0 Å². The molecule has 7 nitrogen and oxygen atoms in total. The van der Waals surface area contributed by atoms with E-state index in [1.807, 2.05) is 74.0 Å². The number of nitrogens with zero attached hydrogens (tertiary/aromatic N) is 3. The Hall–Kier alpha value is -3.79. The van der Waals surface area contributed by atoms with Crippen LogP contribution in [0.2, 0.25) is 0 Å². The number of carbonyl (C=O) groups excluding carboxylic acids is 1. The van der Waals surface area contributed by atoms with Crippen molar-refractivity contribution < 1.29 is 14.3 Å². The molecule has 3 rings (SSSR count). The molecule has 0 unspecified atom stereocenters. The van der Waals surface area contributed by atoms with Gasteiger partial charge in [-0.15, -0.1) is 0 Å². The molecule has 0 saturated carbocycles. The normalized spacial score (nSPS) is 10.4. The van der Waals surface area contributed by atoms with Crippen LogP contribution >= 0.6 is 0 Å². The van der Waals surface area contributed by atoms with Gasteiger partial charge < -0.3 is 14.8 Å². The van der Waals surface area contributed by atoms with Crippen LogP contribution in [0, 0.1) is 25.2 Å². The molecule has 0 spiro atoms. The average molecular weight is 433 g/mol. The molecule has 166 valence electrons. The first-order valence-electron chi connectivity index (χ1n) is 10.7. The smallest absolute Gasteiger partial charge is 0.224 e. The van der Waals surface area contributed by atoms with Crippen LogP contribution in [-0.4, -0.2) is 22.3 Å². The molecule has 32 heavy (non-hydrogen) atoms. The van der Waals surface area contributed by atoms with Crippen molar-refractivity contribution in [3.05, 3.63) is 65.5 Å². The monoisotopic (exact) mass is 432 g/mol. The molecule has 1 N–H and O–H groups in total. The maximum atomic E-state index is 12.4. The van der Waals surface area contributed by atoms with Crippen LogP contribution < -0.4 is 14.8 Å². The van der Waals surface area contributed by atoms with Gasteiger partial charge in [0.2, 0.25) is 5.91 Å². The number of anilines is 1. The Morgan fingerprint density at radius 1 is 1.06 bits per heavy atom. The molecule has 2 aromatic carbocycles. The van der Waals surface area contributed by atoms with Gasteiger partial charge in [-0.05, 0) is 81.3 Å². The largest absolute Gasteiger partial charge is 0.494 e. The summed E-state index contributed by atoms with van der Waals surface area (Å²) in [6.45, 7) is 7.05. The number of hydrogen-bond donors (Lipinski definition) is 1. The van der Waals surface area contributed by atoms with Crippen molar-refractivity contribution in [2.75, 3.05) is 11.9 Å². The van der Waals surface area contributed by atoms with Gasteiger partial charge in [0, 0.05) is 17.8 Å². The Balaban J connectivity index is 1.51. The number of aromatic nitrogens is 2. The van der Waals surface area contributed by atoms with E-state index in [0.717, 1.165) is 22.7 Å². The first kappa shape index (κ1) is 22.9. The molecule has 3 aromatic rings. The van der Waals surface area contributed by atoms with Crippen LogP contribution in [0.25, 0.3) is 0 Å². The number of aryl methyl sites for hydroxylation is 2. The second kappa shape index (κ2) is 11.0. The van der Waals surface area contributed by atoms with Crippen molar-refractivity contribution in [2.24, 2.45) is 0 Å². The van der Waals surface area contributed by atoms with E-state index in [9.17, 15) is 4.79 Å². The number of nitriles is 1. The molecule has 7 heteroatoms. The number of amides is 1. The van der Waals surface area contributed by atoms with Crippen molar-refractivity contribution >= 4 is 11.6 Å². The van der Waals surface area contributed by atoms with Crippen LogP contribution in [0.1, 0.15) is 36.7 Å². The van der Waals surface area contributed by atoms with E-state index in [2.05, 4.69) is 16.5 Å². The number of carbonyl (C=O) groups is 1. The summed E-state index contributed by atoms with van der Waals surface area (Å²) in [6.07, 6.45) is 1.38. The zero-order valence-electron chi connectivity index (χ0n) is 18.7. The molecule has 0 saturated heterocycles. The minimum absolute atomic E-state index is 0.0613. The maximum absolute atomic E-state index is 12.4. The fourth-order valence-electron chi connectivity index (χ4n) is 3.44. The summed E-state index contributed by atoms with van der Waals surface area (Å²) < 4.78 is 13.1. The van der Waals surface area contributed by atoms with Crippen LogP contribution in [0.3, 0.4) is 0 Å². The van der Waals surface area contributed by atoms with Crippen molar-refractivity contribution in [1.82, 2.24) is 9.78 Å². The quantitative estimate of drug-likeness (QED) is 0.477. The highest BCUT2D eigenvalue weighted by atomic mass is 16.5. The van der Waals surface area contributed by atoms with E-state index in [1.54, 1.807) is 0 Å². The van der Waals surface area contributed by atoms with Crippen molar-refractivity contribution in [3.8, 4) is 23.3 Å². The molecule has 0 bridgehead atoms. The number of ether oxygens (including phenoxy) is 2. The Morgan fingerprint density at radius 3 is 2.31 bits per heavy atom. The van der Waals surface area contributed by atoms with Crippen molar-refractivity contribution in [3.63, 3.8) is 0 Å². The molecule has 1 heterocycles. The molecular weight excluding hydrogens is 404 g/mol. The summed E-state index contributed by atoms with van der Waals surface area (Å²) in [7, 11) is 0. The van der Waals surface area contributed by atoms with Gasteiger partial charge >= 0.3 is 0 Å². The highest BCUT2D eigenvalue weighted by molar-refractivity contribution is 5.90. The second-order valence-corrected chi connectivity index (χ2v) is 7.36. The van der Waals surface area contributed by atoms with E-state index in [1.165, 1.54) is 0 Å². The minimum atomic E-state index is -0.0613. The standard InChI is InChI=1S/C25H28N4O3/c1-4-31-21-10-12-23(13-11-21)32-22-8-6-20(7-9-22)27-25(30)15-14-24-18(2)28-29(19(24)3)17-5-16-26/h6-13H,4-5,14-15,17H2,1-3H3,(H,27,30). The molecule has 0 atom stereocenters. The topological polar surface area (TPSA) is 89.2 Å². The Bertz CT molecular complexity index is 1080. The first-order chi connectivity index (χ1) is 15.5. The van der Waals surface area contributed by atoms with Gasteiger partial charge in [-0.25, -0.2) is 0 Å². The Kier molecular flexibility index (Phi) is 7.87. The van der Waals surface area contributed by atoms with Gasteiger partial charge in [0.15, 0.2) is 0 Å². The Morgan fingerprint density at radius 2 is 1.69 bits per heavy atom. The molecule has 0 aliphatic carbocycles. The fraction of sp³-hybridized carbons (Fsp3) is 0.320. The second-order valence-electron chi connectivity index (χ2n) is 7.36. The van der Waals surface area contributed by atoms with E-state index in [0.29, 0.717) is 49.6 Å². The molecule has 0 aliphatic heterocycles. The summed E-state index contributed by atoms with van der Waals surface area (Å²) in [5.74, 6) is 2.14. The number of hydrogen-bond acceptors (Lipinski definition) is 5. The third-order valence-corrected chi connectivity index (χ3v) is 5.08. The highest BCUT2D eigenvalue weighted by Crippen LogP contribution is 2.25. The fourth-order valence-corrected chi connectivity index (χ4v) is 3.44. The number of benzene rings is 2. The summed E-state index contributed by atoms with van der Waals surface area (Å²) in [5, 5.41) is 16.2. The molecule has 1 amide bonds. The lowest BCUT2D eigenvalue weighted by Gasteiger charge is -2.09. The molecule has 0 fully saturated rings. The SMILES string of the molecule is CCOc1ccc(Oc2ccc(NC(=O)CCc3c(C)nn(CCC#N)c3C)cc2)cc1. The van der Waals surface area contributed by atoms with E-state index >= 15 is 0 Å². The van der Waals surface area contributed by atoms with Crippen LogP contribution in [0.15, 0.2) is 48.5 Å². The zero-order valence-corrected chi connectivity index (χ0v) is 18.7. The molecule has 0 radical (unpaired) electrons. The third-order valence-electron chi connectivity index (χ3n) is 5.08. The van der Waals surface area contributed by atoms with Crippen LogP contribution in [0.5, 0.6) is 17.2 Å². The summed E-state index contributed by atoms with van der Waals surface area (Å²) in [4.78, 5) is 12.4.